The fourth-order valence-electron chi connectivity index (χ4n) is 3.58. The molecule has 0 heterocycles. The fraction of sp³-hybridized carbons (Fsp3) is 0.962. The van der Waals surface area contributed by atoms with Crippen LogP contribution in [0.25, 0.3) is 0 Å². The minimum Gasteiger partial charge on any atom is -0.479 e. The summed E-state index contributed by atoms with van der Waals surface area (Å²) in [6, 6.07) is 0. The van der Waals surface area contributed by atoms with E-state index in [0.29, 0.717) is 0 Å². The molecule has 0 spiro atoms. The smallest absolute Gasteiger partial charge is 0.332 e. The second-order valence-corrected chi connectivity index (χ2v) is 9.12. The summed E-state index contributed by atoms with van der Waals surface area (Å²) >= 11 is 0. The Balaban J connectivity index is 0. The third-order valence-electron chi connectivity index (χ3n) is 5.74. The SMILES string of the molecule is CC(O)C(=O)O.CCCCCCCCCCCCCCCCCCCN(C)CCCN. The first kappa shape index (κ1) is 32.5. The molecule has 0 radical (unpaired) electrons. The lowest BCUT2D eigenvalue weighted by molar-refractivity contribution is -0.145. The molecule has 5 nitrogen and oxygen atoms in total. The van der Waals surface area contributed by atoms with Crippen molar-refractivity contribution in [3.8, 4) is 0 Å². The van der Waals surface area contributed by atoms with Crippen molar-refractivity contribution < 1.29 is 15.0 Å². The van der Waals surface area contributed by atoms with E-state index >= 15 is 0 Å². The van der Waals surface area contributed by atoms with Gasteiger partial charge in [-0.1, -0.05) is 110 Å². The summed E-state index contributed by atoms with van der Waals surface area (Å²) in [4.78, 5) is 11.9. The van der Waals surface area contributed by atoms with Gasteiger partial charge in [-0.3, -0.25) is 0 Å². The maximum atomic E-state index is 9.45. The van der Waals surface area contributed by atoms with Gasteiger partial charge < -0.3 is 20.8 Å². The van der Waals surface area contributed by atoms with Gasteiger partial charge >= 0.3 is 5.97 Å². The van der Waals surface area contributed by atoms with Gasteiger partial charge in [-0.2, -0.15) is 0 Å². The van der Waals surface area contributed by atoms with Crippen LogP contribution in [0.1, 0.15) is 129 Å². The lowest BCUT2D eigenvalue weighted by Crippen LogP contribution is -2.22. The minimum atomic E-state index is -1.23. The molecular formula is C26H56N2O3. The van der Waals surface area contributed by atoms with Gasteiger partial charge in [-0.05, 0) is 46.4 Å². The predicted octanol–water partition coefficient (Wildman–Crippen LogP) is 6.37. The zero-order valence-corrected chi connectivity index (χ0v) is 21.3. The molecule has 0 aromatic rings. The summed E-state index contributed by atoms with van der Waals surface area (Å²) in [6.07, 6.45) is 24.5. The highest BCUT2D eigenvalue weighted by Crippen LogP contribution is 2.14. The Bertz CT molecular complexity index is 352. The van der Waals surface area contributed by atoms with Crippen molar-refractivity contribution in [3.63, 3.8) is 0 Å². The van der Waals surface area contributed by atoms with Crippen molar-refractivity contribution in [2.24, 2.45) is 5.73 Å². The Morgan fingerprint density at radius 3 is 1.29 bits per heavy atom. The van der Waals surface area contributed by atoms with Crippen LogP contribution in [0.3, 0.4) is 0 Å². The molecule has 0 saturated heterocycles. The number of aliphatic hydroxyl groups excluding tert-OH is 1. The zero-order chi connectivity index (χ0) is 23.6. The van der Waals surface area contributed by atoms with Gasteiger partial charge in [0.05, 0.1) is 0 Å². The summed E-state index contributed by atoms with van der Waals surface area (Å²) in [5.41, 5.74) is 5.54. The van der Waals surface area contributed by atoms with Gasteiger partial charge in [-0.25, -0.2) is 4.79 Å². The number of aliphatic carboxylic acids is 1. The molecule has 0 aromatic heterocycles. The zero-order valence-electron chi connectivity index (χ0n) is 21.3. The molecule has 1 unspecified atom stereocenters. The normalized spacial score (nSPS) is 11.9. The summed E-state index contributed by atoms with van der Waals surface area (Å²) in [6.45, 7) is 6.73. The number of nitrogens with zero attached hydrogens (tertiary/aromatic N) is 1. The quantitative estimate of drug-likeness (QED) is 0.169. The van der Waals surface area contributed by atoms with E-state index in [1.165, 1.54) is 123 Å². The number of carboxylic acid groups (broad SMARTS) is 1. The average molecular weight is 445 g/mol. The molecule has 1 atom stereocenters. The van der Waals surface area contributed by atoms with E-state index in [0.717, 1.165) is 19.5 Å². The molecule has 0 aliphatic carbocycles. The molecule has 5 heteroatoms. The third kappa shape index (κ3) is 31.6. The van der Waals surface area contributed by atoms with Crippen molar-refractivity contribution in [2.75, 3.05) is 26.7 Å². The first-order valence-electron chi connectivity index (χ1n) is 13.2. The van der Waals surface area contributed by atoms with E-state index < -0.39 is 12.1 Å². The first-order valence-corrected chi connectivity index (χ1v) is 13.2. The van der Waals surface area contributed by atoms with Gasteiger partial charge in [0.25, 0.3) is 0 Å². The number of carbonyl (C=O) groups is 1. The molecule has 4 N–H and O–H groups in total. The van der Waals surface area contributed by atoms with Crippen LogP contribution in [0.15, 0.2) is 0 Å². The lowest BCUT2D eigenvalue weighted by atomic mass is 10.0. The van der Waals surface area contributed by atoms with Gasteiger partial charge in [0.2, 0.25) is 0 Å². The second-order valence-electron chi connectivity index (χ2n) is 9.12. The second kappa shape index (κ2) is 27.4. The van der Waals surface area contributed by atoms with E-state index in [2.05, 4.69) is 18.9 Å². The lowest BCUT2D eigenvalue weighted by Gasteiger charge is -2.15. The van der Waals surface area contributed by atoms with Crippen molar-refractivity contribution in [2.45, 2.75) is 136 Å². The highest BCUT2D eigenvalue weighted by Gasteiger charge is 2.01. The maximum Gasteiger partial charge on any atom is 0.332 e. The Labute approximate surface area is 194 Å². The number of hydrogen-bond donors (Lipinski definition) is 3. The van der Waals surface area contributed by atoms with Crippen molar-refractivity contribution in [3.05, 3.63) is 0 Å². The number of carboxylic acids is 1. The summed E-state index contributed by atoms with van der Waals surface area (Å²) in [5, 5.41) is 15.8. The molecular weight excluding hydrogens is 388 g/mol. The molecule has 188 valence electrons. The monoisotopic (exact) mass is 444 g/mol. The van der Waals surface area contributed by atoms with Gasteiger partial charge in [-0.15, -0.1) is 0 Å². The Morgan fingerprint density at radius 2 is 1.00 bits per heavy atom. The largest absolute Gasteiger partial charge is 0.479 e. The van der Waals surface area contributed by atoms with Crippen molar-refractivity contribution >= 4 is 5.97 Å². The van der Waals surface area contributed by atoms with E-state index in [4.69, 9.17) is 15.9 Å². The number of aliphatic hydroxyl groups is 1. The summed E-state index contributed by atoms with van der Waals surface area (Å²) in [5.74, 6) is -1.19. The highest BCUT2D eigenvalue weighted by atomic mass is 16.4. The summed E-state index contributed by atoms with van der Waals surface area (Å²) < 4.78 is 0. The third-order valence-corrected chi connectivity index (χ3v) is 5.74. The maximum absolute atomic E-state index is 9.45. The van der Waals surface area contributed by atoms with Crippen LogP contribution in [-0.2, 0) is 4.79 Å². The molecule has 0 aromatic carbocycles. The standard InChI is InChI=1S/C23H50N2.C3H6O3/c1-3-4-5-6-7-8-9-10-11-12-13-14-15-16-17-18-19-22-25(2)23-20-21-24;1-2(4)3(5)6/h3-24H2,1-2H3;2,4H,1H3,(H,5,6). The molecule has 31 heavy (non-hydrogen) atoms. The van der Waals surface area contributed by atoms with Crippen LogP contribution in [0.4, 0.5) is 0 Å². The Morgan fingerprint density at radius 1 is 0.710 bits per heavy atom. The molecule has 0 rings (SSSR count). The van der Waals surface area contributed by atoms with Crippen LogP contribution in [-0.4, -0.2) is 53.9 Å². The molecule has 0 bridgehead atoms. The topological polar surface area (TPSA) is 86.8 Å². The average Bonchev–Trinajstić information content (AvgIpc) is 2.74. The Hall–Kier alpha value is -0.650. The number of rotatable bonds is 22. The molecule has 0 amide bonds. The van der Waals surface area contributed by atoms with Crippen molar-refractivity contribution in [1.82, 2.24) is 4.90 Å². The van der Waals surface area contributed by atoms with Crippen molar-refractivity contribution in [1.29, 1.82) is 0 Å². The van der Waals surface area contributed by atoms with E-state index in [1.807, 2.05) is 0 Å². The molecule has 0 aliphatic rings. The van der Waals surface area contributed by atoms with Crippen LogP contribution in [0, 0.1) is 0 Å². The number of nitrogens with two attached hydrogens (primary N) is 1. The number of hydrogen-bond acceptors (Lipinski definition) is 4. The molecule has 0 fully saturated rings. The van der Waals surface area contributed by atoms with Crippen LogP contribution >= 0.6 is 0 Å². The first-order chi connectivity index (χ1) is 15.0. The molecule has 0 saturated carbocycles. The summed E-state index contributed by atoms with van der Waals surface area (Å²) in [7, 11) is 2.22. The Kier molecular flexibility index (Phi) is 28.7. The molecule has 0 aliphatic heterocycles. The highest BCUT2D eigenvalue weighted by molar-refractivity contribution is 5.71. The van der Waals surface area contributed by atoms with Gasteiger partial charge in [0.15, 0.2) is 0 Å². The minimum absolute atomic E-state index is 0.823. The fourth-order valence-corrected chi connectivity index (χ4v) is 3.58. The van der Waals surface area contributed by atoms with E-state index in [9.17, 15) is 4.79 Å². The van der Waals surface area contributed by atoms with E-state index in [-0.39, 0.29) is 0 Å². The van der Waals surface area contributed by atoms with Crippen LogP contribution < -0.4 is 5.73 Å². The van der Waals surface area contributed by atoms with Crippen LogP contribution in [0.5, 0.6) is 0 Å². The van der Waals surface area contributed by atoms with Gasteiger partial charge in [0.1, 0.15) is 6.10 Å². The number of unbranched alkanes of at least 4 members (excludes halogenated alkanes) is 16. The van der Waals surface area contributed by atoms with Gasteiger partial charge in [0, 0.05) is 0 Å². The van der Waals surface area contributed by atoms with Crippen LogP contribution in [0.2, 0.25) is 0 Å². The predicted molar refractivity (Wildman–Crippen MR) is 135 cm³/mol. The van der Waals surface area contributed by atoms with E-state index in [1.54, 1.807) is 0 Å².